The maximum atomic E-state index is 5.26. The van der Waals surface area contributed by atoms with Gasteiger partial charge in [0.05, 0.1) is 7.11 Å². The molecule has 0 saturated carbocycles. The normalized spacial score (nSPS) is 14.2. The zero-order valence-corrected chi connectivity index (χ0v) is 16.8. The predicted octanol–water partition coefficient (Wildman–Crippen LogP) is 4.10. The zero-order chi connectivity index (χ0) is 19.2. The summed E-state index contributed by atoms with van der Waals surface area (Å²) >= 11 is 1.75. The molecule has 0 bridgehead atoms. The number of methoxy groups -OCH3 is 1. The first-order valence-corrected chi connectivity index (χ1v) is 10.4. The average Bonchev–Trinajstić information content (AvgIpc) is 2.79. The number of hydrogen-bond acceptors (Lipinski definition) is 6. The van der Waals surface area contributed by atoms with Gasteiger partial charge < -0.3 is 14.5 Å². The number of piperazine rings is 1. The van der Waals surface area contributed by atoms with Crippen molar-refractivity contribution in [3.8, 4) is 5.75 Å². The van der Waals surface area contributed by atoms with Crippen molar-refractivity contribution < 1.29 is 4.74 Å². The largest absolute Gasteiger partial charge is 0.497 e. The van der Waals surface area contributed by atoms with Crippen LogP contribution in [0.4, 0.5) is 11.5 Å². The Hall–Kier alpha value is -2.73. The third-order valence-corrected chi connectivity index (χ3v) is 5.92. The van der Waals surface area contributed by atoms with Crippen LogP contribution in [0.2, 0.25) is 0 Å². The minimum atomic E-state index is 0.891. The van der Waals surface area contributed by atoms with Crippen molar-refractivity contribution in [1.82, 2.24) is 9.97 Å². The third kappa shape index (κ3) is 4.39. The molecule has 6 heteroatoms. The Kier molecular flexibility index (Phi) is 5.97. The van der Waals surface area contributed by atoms with Crippen molar-refractivity contribution in [1.29, 1.82) is 0 Å². The van der Waals surface area contributed by atoms with Crippen LogP contribution in [-0.2, 0) is 5.75 Å². The molecule has 0 radical (unpaired) electrons. The molecule has 3 aromatic rings. The fourth-order valence-corrected chi connectivity index (χ4v) is 4.27. The van der Waals surface area contributed by atoms with E-state index in [4.69, 9.17) is 4.74 Å². The van der Waals surface area contributed by atoms with Crippen LogP contribution in [0, 0.1) is 0 Å². The number of anilines is 2. The maximum absolute atomic E-state index is 5.26. The van der Waals surface area contributed by atoms with E-state index >= 15 is 0 Å². The molecule has 144 valence electrons. The monoisotopic (exact) mass is 392 g/mol. The van der Waals surface area contributed by atoms with Gasteiger partial charge in [-0.1, -0.05) is 42.1 Å². The molecule has 1 aliphatic heterocycles. The molecule has 2 aromatic carbocycles. The van der Waals surface area contributed by atoms with E-state index in [1.807, 2.05) is 18.2 Å². The lowest BCUT2D eigenvalue weighted by Gasteiger charge is -2.37. The number of ether oxygens (including phenoxy) is 1. The van der Waals surface area contributed by atoms with Crippen LogP contribution in [0.5, 0.6) is 5.75 Å². The molecule has 1 saturated heterocycles. The van der Waals surface area contributed by atoms with Gasteiger partial charge in [-0.15, -0.1) is 0 Å². The zero-order valence-electron chi connectivity index (χ0n) is 16.0. The lowest BCUT2D eigenvalue weighted by atomic mass is 10.2. The van der Waals surface area contributed by atoms with Gasteiger partial charge in [0, 0.05) is 50.0 Å². The fraction of sp³-hybridized carbons (Fsp3) is 0.273. The van der Waals surface area contributed by atoms with Crippen LogP contribution in [0.3, 0.4) is 0 Å². The lowest BCUT2D eigenvalue weighted by molar-refractivity contribution is 0.415. The van der Waals surface area contributed by atoms with Gasteiger partial charge in [-0.05, 0) is 29.8 Å². The van der Waals surface area contributed by atoms with Crippen molar-refractivity contribution in [2.75, 3.05) is 43.1 Å². The van der Waals surface area contributed by atoms with Gasteiger partial charge >= 0.3 is 0 Å². The van der Waals surface area contributed by atoms with Crippen LogP contribution in [-0.4, -0.2) is 43.3 Å². The molecule has 0 N–H and O–H groups in total. The number of benzene rings is 2. The Morgan fingerprint density at radius 2 is 1.54 bits per heavy atom. The molecule has 5 nitrogen and oxygen atoms in total. The maximum Gasteiger partial charge on any atom is 0.161 e. The van der Waals surface area contributed by atoms with Gasteiger partial charge in [0.25, 0.3) is 0 Å². The molecule has 2 heterocycles. The smallest absolute Gasteiger partial charge is 0.161 e. The van der Waals surface area contributed by atoms with E-state index in [-0.39, 0.29) is 0 Å². The number of hydrogen-bond donors (Lipinski definition) is 0. The van der Waals surface area contributed by atoms with Crippen molar-refractivity contribution in [2.45, 2.75) is 10.8 Å². The second kappa shape index (κ2) is 8.97. The second-order valence-electron chi connectivity index (χ2n) is 6.63. The standard InChI is InChI=1S/C22H24N4OS/c1-27-20-9-7-19(8-10-20)25-13-15-26(16-14-25)21-22(24-12-11-23-21)28-17-18-5-3-2-4-6-18/h2-12H,13-17H2,1H3. The van der Waals surface area contributed by atoms with E-state index in [2.05, 4.69) is 56.2 Å². The summed E-state index contributed by atoms with van der Waals surface area (Å²) in [5.41, 5.74) is 2.53. The highest BCUT2D eigenvalue weighted by Gasteiger charge is 2.21. The summed E-state index contributed by atoms with van der Waals surface area (Å²) in [6, 6.07) is 18.8. The second-order valence-corrected chi connectivity index (χ2v) is 7.60. The average molecular weight is 393 g/mol. The van der Waals surface area contributed by atoms with Crippen LogP contribution in [0.25, 0.3) is 0 Å². The van der Waals surface area contributed by atoms with E-state index < -0.39 is 0 Å². The van der Waals surface area contributed by atoms with Crippen LogP contribution in [0.15, 0.2) is 72.0 Å². The van der Waals surface area contributed by atoms with Gasteiger partial charge in [-0.2, -0.15) is 0 Å². The lowest BCUT2D eigenvalue weighted by Crippen LogP contribution is -2.47. The summed E-state index contributed by atoms with van der Waals surface area (Å²) in [7, 11) is 1.70. The molecule has 1 aliphatic rings. The first kappa shape index (κ1) is 18.6. The van der Waals surface area contributed by atoms with E-state index in [1.54, 1.807) is 31.3 Å². The summed E-state index contributed by atoms with van der Waals surface area (Å²) in [6.07, 6.45) is 3.57. The van der Waals surface area contributed by atoms with E-state index in [0.717, 1.165) is 48.5 Å². The Labute approximate surface area is 170 Å². The molecule has 1 fully saturated rings. The number of thioether (sulfide) groups is 1. The number of rotatable bonds is 6. The van der Waals surface area contributed by atoms with E-state index in [9.17, 15) is 0 Å². The molecular formula is C22H24N4OS. The van der Waals surface area contributed by atoms with E-state index in [0.29, 0.717) is 0 Å². The SMILES string of the molecule is COc1ccc(N2CCN(c3nccnc3SCc3ccccc3)CC2)cc1. The van der Waals surface area contributed by atoms with Gasteiger partial charge in [-0.3, -0.25) is 0 Å². The minimum absolute atomic E-state index is 0.891. The van der Waals surface area contributed by atoms with Gasteiger partial charge in [0.2, 0.25) is 0 Å². The molecule has 28 heavy (non-hydrogen) atoms. The van der Waals surface area contributed by atoms with Crippen LogP contribution < -0.4 is 14.5 Å². The molecule has 0 unspecified atom stereocenters. The van der Waals surface area contributed by atoms with Gasteiger partial charge in [0.1, 0.15) is 10.8 Å². The summed E-state index contributed by atoms with van der Waals surface area (Å²) in [6.45, 7) is 3.80. The molecule has 0 atom stereocenters. The number of nitrogens with zero attached hydrogens (tertiary/aromatic N) is 4. The van der Waals surface area contributed by atoms with Crippen molar-refractivity contribution in [2.24, 2.45) is 0 Å². The summed E-state index contributed by atoms with van der Waals surface area (Å²) in [5, 5.41) is 1.00. The minimum Gasteiger partial charge on any atom is -0.497 e. The fourth-order valence-electron chi connectivity index (χ4n) is 3.33. The molecule has 4 rings (SSSR count). The molecule has 0 spiro atoms. The first-order valence-electron chi connectivity index (χ1n) is 9.45. The topological polar surface area (TPSA) is 41.5 Å². The summed E-state index contributed by atoms with van der Waals surface area (Å²) in [5.74, 6) is 2.79. The Morgan fingerprint density at radius 3 is 2.25 bits per heavy atom. The van der Waals surface area contributed by atoms with E-state index in [1.165, 1.54) is 11.3 Å². The molecular weight excluding hydrogens is 368 g/mol. The predicted molar refractivity (Wildman–Crippen MR) is 115 cm³/mol. The quantitative estimate of drug-likeness (QED) is 0.588. The Morgan fingerprint density at radius 1 is 0.857 bits per heavy atom. The highest BCUT2D eigenvalue weighted by Crippen LogP contribution is 2.30. The Balaban J connectivity index is 1.40. The molecule has 1 aromatic heterocycles. The molecule has 0 amide bonds. The van der Waals surface area contributed by atoms with Crippen molar-refractivity contribution in [3.63, 3.8) is 0 Å². The van der Waals surface area contributed by atoms with Gasteiger partial charge in [0.15, 0.2) is 5.82 Å². The van der Waals surface area contributed by atoms with Crippen LogP contribution >= 0.6 is 11.8 Å². The van der Waals surface area contributed by atoms with Crippen molar-refractivity contribution in [3.05, 3.63) is 72.6 Å². The van der Waals surface area contributed by atoms with Crippen molar-refractivity contribution >= 4 is 23.3 Å². The van der Waals surface area contributed by atoms with Gasteiger partial charge in [-0.25, -0.2) is 9.97 Å². The van der Waals surface area contributed by atoms with Crippen LogP contribution in [0.1, 0.15) is 5.56 Å². The third-order valence-electron chi connectivity index (χ3n) is 4.88. The highest BCUT2D eigenvalue weighted by molar-refractivity contribution is 7.98. The number of aromatic nitrogens is 2. The Bertz CT molecular complexity index is 881. The molecule has 0 aliphatic carbocycles. The summed E-state index contributed by atoms with van der Waals surface area (Å²) in [4.78, 5) is 14.0. The summed E-state index contributed by atoms with van der Waals surface area (Å²) < 4.78 is 5.26. The first-order chi connectivity index (χ1) is 13.8. The highest BCUT2D eigenvalue weighted by atomic mass is 32.2.